The smallest absolute Gasteiger partial charge is 0.241 e. The van der Waals surface area contributed by atoms with Crippen LogP contribution in [0.15, 0.2) is 18.2 Å². The second-order valence-corrected chi connectivity index (χ2v) is 5.06. The van der Waals surface area contributed by atoms with Gasteiger partial charge in [0.05, 0.1) is 16.8 Å². The van der Waals surface area contributed by atoms with E-state index in [-0.39, 0.29) is 5.91 Å². The van der Waals surface area contributed by atoms with Crippen LogP contribution >= 0.6 is 11.6 Å². The summed E-state index contributed by atoms with van der Waals surface area (Å²) in [5.41, 5.74) is 7.40. The fraction of sp³-hybridized carbons (Fsp3) is 0.462. The molecule has 1 rings (SSSR count). The van der Waals surface area contributed by atoms with Gasteiger partial charge in [0.15, 0.2) is 0 Å². The highest BCUT2D eigenvalue weighted by Crippen LogP contribution is 2.25. The van der Waals surface area contributed by atoms with E-state index < -0.39 is 6.04 Å². The first kappa shape index (κ1) is 14.0. The Morgan fingerprint density at radius 1 is 1.47 bits per heavy atom. The lowest BCUT2D eigenvalue weighted by atomic mass is 10.0. The fourth-order valence-corrected chi connectivity index (χ4v) is 1.89. The molecule has 4 heteroatoms. The Bertz CT molecular complexity index is 384. The number of hydrogen-bond donors (Lipinski definition) is 2. The lowest BCUT2D eigenvalue weighted by Gasteiger charge is -2.16. The molecule has 0 aliphatic heterocycles. The van der Waals surface area contributed by atoms with Crippen molar-refractivity contribution in [2.24, 2.45) is 11.7 Å². The second-order valence-electron chi connectivity index (χ2n) is 4.66. The number of benzene rings is 1. The Kier molecular flexibility index (Phi) is 4.97. The molecule has 0 heterocycles. The van der Waals surface area contributed by atoms with Crippen LogP contribution in [-0.2, 0) is 4.79 Å². The minimum Gasteiger partial charge on any atom is -0.323 e. The molecule has 0 aliphatic rings. The van der Waals surface area contributed by atoms with Gasteiger partial charge in [-0.1, -0.05) is 37.6 Å². The molecular formula is C13H19ClN2O. The van der Waals surface area contributed by atoms with Gasteiger partial charge in [-0.2, -0.15) is 0 Å². The molecule has 3 nitrogen and oxygen atoms in total. The van der Waals surface area contributed by atoms with Crippen molar-refractivity contribution < 1.29 is 4.79 Å². The van der Waals surface area contributed by atoms with Gasteiger partial charge in [0.25, 0.3) is 0 Å². The van der Waals surface area contributed by atoms with E-state index in [1.165, 1.54) is 0 Å². The lowest BCUT2D eigenvalue weighted by molar-refractivity contribution is -0.117. The van der Waals surface area contributed by atoms with Gasteiger partial charge in [-0.25, -0.2) is 0 Å². The molecule has 0 radical (unpaired) electrons. The maximum absolute atomic E-state index is 11.9. The number of nitrogens with two attached hydrogens (primary N) is 1. The topological polar surface area (TPSA) is 55.1 Å². The summed E-state index contributed by atoms with van der Waals surface area (Å²) in [5, 5.41) is 3.32. The third kappa shape index (κ3) is 4.02. The van der Waals surface area contributed by atoms with Crippen LogP contribution in [0.2, 0.25) is 5.02 Å². The molecule has 0 unspecified atom stereocenters. The Balaban J connectivity index is 2.74. The second kappa shape index (κ2) is 6.03. The lowest BCUT2D eigenvalue weighted by Crippen LogP contribution is -2.36. The van der Waals surface area contributed by atoms with Crippen LogP contribution in [0, 0.1) is 12.8 Å². The van der Waals surface area contributed by atoms with Crippen LogP contribution in [0.25, 0.3) is 0 Å². The van der Waals surface area contributed by atoms with E-state index >= 15 is 0 Å². The van der Waals surface area contributed by atoms with Crippen molar-refractivity contribution in [3.63, 3.8) is 0 Å². The number of amides is 1. The Morgan fingerprint density at radius 3 is 2.65 bits per heavy atom. The number of hydrogen-bond acceptors (Lipinski definition) is 2. The zero-order chi connectivity index (χ0) is 13.0. The number of halogens is 1. The minimum absolute atomic E-state index is 0.185. The molecule has 0 saturated carbocycles. The summed E-state index contributed by atoms with van der Waals surface area (Å²) >= 11 is 6.03. The average Bonchev–Trinajstić information content (AvgIpc) is 2.22. The molecule has 0 saturated heterocycles. The van der Waals surface area contributed by atoms with E-state index in [9.17, 15) is 4.79 Å². The first-order valence-electron chi connectivity index (χ1n) is 5.73. The predicted molar refractivity (Wildman–Crippen MR) is 72.2 cm³/mol. The molecule has 1 aromatic rings. The zero-order valence-corrected chi connectivity index (χ0v) is 11.2. The molecule has 0 aliphatic carbocycles. The number of anilines is 1. The van der Waals surface area contributed by atoms with Crippen molar-refractivity contribution in [3.05, 3.63) is 28.8 Å². The number of aryl methyl sites for hydroxylation is 1. The highest BCUT2D eigenvalue weighted by atomic mass is 35.5. The fourth-order valence-electron chi connectivity index (χ4n) is 1.62. The number of para-hydroxylation sites is 1. The molecule has 94 valence electrons. The number of carbonyl (C=O) groups is 1. The molecule has 3 N–H and O–H groups in total. The Morgan fingerprint density at radius 2 is 2.12 bits per heavy atom. The van der Waals surface area contributed by atoms with Gasteiger partial charge >= 0.3 is 0 Å². The van der Waals surface area contributed by atoms with E-state index in [1.54, 1.807) is 6.07 Å². The van der Waals surface area contributed by atoms with Gasteiger partial charge in [0.2, 0.25) is 5.91 Å². The Labute approximate surface area is 107 Å². The van der Waals surface area contributed by atoms with Crippen molar-refractivity contribution in [3.8, 4) is 0 Å². The van der Waals surface area contributed by atoms with E-state index in [0.717, 1.165) is 5.56 Å². The molecule has 1 amide bonds. The normalized spacial score (nSPS) is 12.6. The van der Waals surface area contributed by atoms with Crippen LogP contribution in [0.1, 0.15) is 25.8 Å². The SMILES string of the molecule is Cc1cccc(Cl)c1NC(=O)[C@H](N)CC(C)C. The summed E-state index contributed by atoms with van der Waals surface area (Å²) < 4.78 is 0. The largest absolute Gasteiger partial charge is 0.323 e. The van der Waals surface area contributed by atoms with Crippen LogP contribution in [-0.4, -0.2) is 11.9 Å². The molecule has 0 aromatic heterocycles. The van der Waals surface area contributed by atoms with Gasteiger partial charge in [-0.15, -0.1) is 0 Å². The molecule has 17 heavy (non-hydrogen) atoms. The summed E-state index contributed by atoms with van der Waals surface area (Å²) in [4.78, 5) is 11.9. The van der Waals surface area contributed by atoms with Crippen LogP contribution in [0.3, 0.4) is 0 Å². The number of nitrogens with one attached hydrogen (secondary N) is 1. The van der Waals surface area contributed by atoms with Gasteiger partial charge in [-0.05, 0) is 30.9 Å². The predicted octanol–water partition coefficient (Wildman–Crippen LogP) is 2.96. The maximum Gasteiger partial charge on any atom is 0.241 e. The number of carbonyl (C=O) groups excluding carboxylic acids is 1. The first-order valence-corrected chi connectivity index (χ1v) is 6.11. The summed E-state index contributed by atoms with van der Waals surface area (Å²) in [6, 6.07) is 5.00. The van der Waals surface area contributed by atoms with Gasteiger partial charge in [0.1, 0.15) is 0 Å². The van der Waals surface area contributed by atoms with Gasteiger partial charge in [-0.3, -0.25) is 4.79 Å². The average molecular weight is 255 g/mol. The number of rotatable bonds is 4. The summed E-state index contributed by atoms with van der Waals surface area (Å²) in [6.45, 7) is 5.97. The van der Waals surface area contributed by atoms with Gasteiger partial charge < -0.3 is 11.1 Å². The summed E-state index contributed by atoms with van der Waals surface area (Å²) in [6.07, 6.45) is 0.662. The minimum atomic E-state index is -0.495. The van der Waals surface area contributed by atoms with E-state index in [4.69, 9.17) is 17.3 Å². The van der Waals surface area contributed by atoms with Crippen LogP contribution in [0.4, 0.5) is 5.69 Å². The van der Waals surface area contributed by atoms with Crippen molar-refractivity contribution in [1.82, 2.24) is 0 Å². The van der Waals surface area contributed by atoms with E-state index in [2.05, 4.69) is 5.32 Å². The van der Waals surface area contributed by atoms with Crippen molar-refractivity contribution in [2.45, 2.75) is 33.2 Å². The van der Waals surface area contributed by atoms with Crippen LogP contribution < -0.4 is 11.1 Å². The van der Waals surface area contributed by atoms with Crippen molar-refractivity contribution in [2.75, 3.05) is 5.32 Å². The Hall–Kier alpha value is -1.06. The third-order valence-corrected chi connectivity index (χ3v) is 2.85. The summed E-state index contributed by atoms with van der Waals surface area (Å²) in [7, 11) is 0. The highest BCUT2D eigenvalue weighted by molar-refractivity contribution is 6.34. The first-order chi connectivity index (χ1) is 7.91. The highest BCUT2D eigenvalue weighted by Gasteiger charge is 2.16. The quantitative estimate of drug-likeness (QED) is 0.868. The molecule has 0 fully saturated rings. The summed E-state index contributed by atoms with van der Waals surface area (Å²) in [5.74, 6) is 0.206. The van der Waals surface area contributed by atoms with E-state index in [1.807, 2.05) is 32.9 Å². The standard InChI is InChI=1S/C13H19ClN2O/c1-8(2)7-11(15)13(17)16-12-9(3)5-4-6-10(12)14/h4-6,8,11H,7,15H2,1-3H3,(H,16,17)/t11-/m1/s1. The zero-order valence-electron chi connectivity index (χ0n) is 10.5. The molecular weight excluding hydrogens is 236 g/mol. The van der Waals surface area contributed by atoms with Crippen LogP contribution in [0.5, 0.6) is 0 Å². The van der Waals surface area contributed by atoms with Crippen molar-refractivity contribution in [1.29, 1.82) is 0 Å². The monoisotopic (exact) mass is 254 g/mol. The molecule has 1 aromatic carbocycles. The van der Waals surface area contributed by atoms with E-state index in [0.29, 0.717) is 23.0 Å². The van der Waals surface area contributed by atoms with Gasteiger partial charge in [0, 0.05) is 0 Å². The molecule has 0 bridgehead atoms. The van der Waals surface area contributed by atoms with Crippen molar-refractivity contribution >= 4 is 23.2 Å². The maximum atomic E-state index is 11.9. The molecule has 0 spiro atoms. The molecule has 1 atom stereocenters. The third-order valence-electron chi connectivity index (χ3n) is 2.53.